The van der Waals surface area contributed by atoms with Crippen molar-refractivity contribution in [3.63, 3.8) is 0 Å². The Kier molecular flexibility index (Phi) is 5.68. The van der Waals surface area contributed by atoms with Crippen LogP contribution < -0.4 is 25.0 Å². The van der Waals surface area contributed by atoms with Crippen molar-refractivity contribution in [2.75, 3.05) is 17.3 Å². The smallest absolute Gasteiger partial charge is 0.236 e. The highest BCUT2D eigenvalue weighted by Crippen LogP contribution is 2.52. The number of hydrogen-bond donors (Lipinski definition) is 2. The number of benzene rings is 3. The van der Waals surface area contributed by atoms with Gasteiger partial charge in [0.25, 0.3) is 0 Å². The Hall–Kier alpha value is -3.58. The van der Waals surface area contributed by atoms with Crippen molar-refractivity contribution < 1.29 is 14.3 Å². The Morgan fingerprint density at radius 2 is 1.80 bits per heavy atom. The summed E-state index contributed by atoms with van der Waals surface area (Å²) in [6.07, 6.45) is 0. The van der Waals surface area contributed by atoms with Gasteiger partial charge in [-0.25, -0.2) is 0 Å². The van der Waals surface area contributed by atoms with E-state index in [4.69, 9.17) is 21.7 Å². The van der Waals surface area contributed by atoms with Crippen molar-refractivity contribution in [1.82, 2.24) is 5.32 Å². The van der Waals surface area contributed by atoms with Gasteiger partial charge in [-0.15, -0.1) is 0 Å². The molecule has 0 aliphatic carbocycles. The third-order valence-corrected chi connectivity index (χ3v) is 7.22. The summed E-state index contributed by atoms with van der Waals surface area (Å²) in [7, 11) is 1.62. The van der Waals surface area contributed by atoms with Crippen LogP contribution in [0, 0.1) is 26.7 Å². The zero-order chi connectivity index (χ0) is 24.9. The average Bonchev–Trinajstić information content (AvgIpc) is 2.81. The van der Waals surface area contributed by atoms with Gasteiger partial charge in [-0.05, 0) is 69.7 Å². The molecule has 0 spiro atoms. The van der Waals surface area contributed by atoms with Gasteiger partial charge in [-0.2, -0.15) is 0 Å². The molecule has 2 aliphatic heterocycles. The summed E-state index contributed by atoms with van der Waals surface area (Å²) in [4.78, 5) is 15.9. The molecule has 35 heavy (non-hydrogen) atoms. The van der Waals surface area contributed by atoms with Gasteiger partial charge in [0.1, 0.15) is 5.92 Å². The molecular weight excluding hydrogens is 458 g/mol. The number of anilines is 2. The van der Waals surface area contributed by atoms with E-state index < -0.39 is 11.6 Å². The standard InChI is InChI=1S/C28H29N3O3S/c1-16-9-12-19(13-10-16)31-27(35)30-24-20-7-6-8-22(33-5)25(20)34-28(31,4)23(24)26(32)29-21-14-11-17(2)15-18(21)3/h6-15,23-24H,1-5H3,(H,29,32)(H,30,35)/t23-,24+,28-/m0/s1. The topological polar surface area (TPSA) is 62.8 Å². The second-order valence-electron chi connectivity index (χ2n) is 9.42. The van der Waals surface area contributed by atoms with Crippen LogP contribution in [0.4, 0.5) is 11.4 Å². The Bertz CT molecular complexity index is 1320. The summed E-state index contributed by atoms with van der Waals surface area (Å²) >= 11 is 5.83. The molecule has 1 saturated heterocycles. The number of aryl methyl sites for hydroxylation is 3. The van der Waals surface area contributed by atoms with Gasteiger partial charge in [-0.1, -0.05) is 47.5 Å². The minimum Gasteiger partial charge on any atom is -0.493 e. The summed E-state index contributed by atoms with van der Waals surface area (Å²) in [5, 5.41) is 7.11. The Balaban J connectivity index is 1.64. The first-order valence-corrected chi connectivity index (χ1v) is 12.0. The zero-order valence-corrected chi connectivity index (χ0v) is 21.3. The third-order valence-electron chi connectivity index (χ3n) is 6.92. The van der Waals surface area contributed by atoms with Crippen LogP contribution in [-0.4, -0.2) is 23.9 Å². The first kappa shape index (κ1) is 23.2. The fraction of sp³-hybridized carbons (Fsp3) is 0.286. The molecule has 0 radical (unpaired) electrons. The van der Waals surface area contributed by atoms with E-state index in [1.807, 2.05) is 87.2 Å². The normalized spacial score (nSPS) is 22.5. The van der Waals surface area contributed by atoms with Gasteiger partial charge in [0.2, 0.25) is 5.91 Å². The minimum atomic E-state index is -1.10. The number of hydrogen-bond acceptors (Lipinski definition) is 4. The maximum Gasteiger partial charge on any atom is 0.236 e. The van der Waals surface area contributed by atoms with E-state index in [0.717, 1.165) is 33.6 Å². The number of carbonyl (C=O) groups is 1. The maximum atomic E-state index is 14.0. The number of rotatable bonds is 4. The second-order valence-corrected chi connectivity index (χ2v) is 9.81. The molecule has 2 N–H and O–H groups in total. The van der Waals surface area contributed by atoms with Crippen molar-refractivity contribution in [3.05, 3.63) is 82.9 Å². The lowest BCUT2D eigenvalue weighted by Crippen LogP contribution is -2.72. The van der Waals surface area contributed by atoms with E-state index in [2.05, 4.69) is 16.7 Å². The fourth-order valence-corrected chi connectivity index (χ4v) is 5.59. The van der Waals surface area contributed by atoms with E-state index in [1.165, 1.54) is 0 Å². The minimum absolute atomic E-state index is 0.148. The van der Waals surface area contributed by atoms with Crippen LogP contribution in [0.15, 0.2) is 60.7 Å². The van der Waals surface area contributed by atoms with Crippen LogP contribution in [0.5, 0.6) is 11.5 Å². The van der Waals surface area contributed by atoms with Crippen molar-refractivity contribution in [2.45, 2.75) is 39.5 Å². The number of amides is 1. The number of fused-ring (bicyclic) bond motifs is 4. The lowest BCUT2D eigenvalue weighted by Gasteiger charge is -2.56. The number of thiocarbonyl (C=S) groups is 1. The monoisotopic (exact) mass is 487 g/mol. The third kappa shape index (κ3) is 3.80. The van der Waals surface area contributed by atoms with Crippen molar-refractivity contribution in [1.29, 1.82) is 0 Å². The first-order valence-electron chi connectivity index (χ1n) is 11.6. The Labute approximate surface area is 211 Å². The van der Waals surface area contributed by atoms with Gasteiger partial charge in [0.05, 0.1) is 13.2 Å². The van der Waals surface area contributed by atoms with Gasteiger partial charge in [0, 0.05) is 16.9 Å². The molecule has 2 bridgehead atoms. The molecular formula is C28H29N3O3S. The van der Waals surface area contributed by atoms with Gasteiger partial charge in [-0.3, -0.25) is 9.69 Å². The second kappa shape index (κ2) is 8.57. The molecule has 2 heterocycles. The zero-order valence-electron chi connectivity index (χ0n) is 20.5. The molecule has 3 aromatic rings. The predicted molar refractivity (Wildman–Crippen MR) is 142 cm³/mol. The highest BCUT2D eigenvalue weighted by Gasteiger charge is 2.59. The summed E-state index contributed by atoms with van der Waals surface area (Å²) in [6, 6.07) is 19.4. The van der Waals surface area contributed by atoms with Crippen molar-refractivity contribution >= 4 is 34.6 Å². The molecule has 0 saturated carbocycles. The summed E-state index contributed by atoms with van der Waals surface area (Å²) in [5.74, 6) is 0.469. The van der Waals surface area contributed by atoms with Crippen LogP contribution >= 0.6 is 12.2 Å². The quantitative estimate of drug-likeness (QED) is 0.479. The molecule has 1 fully saturated rings. The molecule has 1 amide bonds. The molecule has 3 aromatic carbocycles. The lowest BCUT2D eigenvalue weighted by atomic mass is 9.78. The molecule has 0 unspecified atom stereocenters. The molecule has 5 rings (SSSR count). The summed E-state index contributed by atoms with van der Waals surface area (Å²) in [5.41, 5.74) is 4.64. The van der Waals surface area contributed by atoms with Gasteiger partial charge >= 0.3 is 0 Å². The fourth-order valence-electron chi connectivity index (χ4n) is 5.18. The number of nitrogens with one attached hydrogen (secondary N) is 2. The number of methoxy groups -OCH3 is 1. The summed E-state index contributed by atoms with van der Waals surface area (Å²) < 4.78 is 12.3. The number of ether oxygens (including phenoxy) is 2. The Morgan fingerprint density at radius 1 is 1.09 bits per heavy atom. The van der Waals surface area contributed by atoms with Crippen LogP contribution in [-0.2, 0) is 4.79 Å². The largest absolute Gasteiger partial charge is 0.493 e. The maximum absolute atomic E-state index is 14.0. The molecule has 0 aromatic heterocycles. The van der Waals surface area contributed by atoms with Crippen LogP contribution in [0.25, 0.3) is 0 Å². The van der Waals surface area contributed by atoms with Crippen molar-refractivity contribution in [3.8, 4) is 11.5 Å². The number of carbonyl (C=O) groups excluding carboxylic acids is 1. The van der Waals surface area contributed by atoms with Gasteiger partial charge in [0.15, 0.2) is 22.3 Å². The van der Waals surface area contributed by atoms with Crippen LogP contribution in [0.2, 0.25) is 0 Å². The predicted octanol–water partition coefficient (Wildman–Crippen LogP) is 5.42. The van der Waals surface area contributed by atoms with E-state index in [1.54, 1.807) is 7.11 Å². The van der Waals surface area contributed by atoms with E-state index in [-0.39, 0.29) is 11.9 Å². The van der Waals surface area contributed by atoms with Crippen molar-refractivity contribution in [2.24, 2.45) is 5.92 Å². The summed E-state index contributed by atoms with van der Waals surface area (Å²) in [6.45, 7) is 7.99. The lowest BCUT2D eigenvalue weighted by molar-refractivity contribution is -0.130. The van der Waals surface area contributed by atoms with Crippen LogP contribution in [0.1, 0.15) is 35.2 Å². The highest BCUT2D eigenvalue weighted by molar-refractivity contribution is 7.80. The first-order chi connectivity index (χ1) is 16.7. The molecule has 180 valence electrons. The molecule has 7 heteroatoms. The average molecular weight is 488 g/mol. The molecule has 3 atom stereocenters. The van der Waals surface area contributed by atoms with Crippen LogP contribution in [0.3, 0.4) is 0 Å². The van der Waals surface area contributed by atoms with E-state index >= 15 is 0 Å². The van der Waals surface area contributed by atoms with Gasteiger partial charge < -0.3 is 20.1 Å². The number of nitrogens with zero attached hydrogens (tertiary/aromatic N) is 1. The van der Waals surface area contributed by atoms with E-state index in [0.29, 0.717) is 16.6 Å². The number of para-hydroxylation sites is 1. The SMILES string of the molecule is COc1cccc2c1O[C@@]1(C)[C@H](C(=O)Nc3ccc(C)cc3C)[C@@H]2NC(=S)N1c1ccc(C)cc1. The Morgan fingerprint density at radius 3 is 2.49 bits per heavy atom. The van der Waals surface area contributed by atoms with E-state index in [9.17, 15) is 4.79 Å². The molecule has 6 nitrogen and oxygen atoms in total. The molecule has 2 aliphatic rings. The highest BCUT2D eigenvalue weighted by atomic mass is 32.1.